The number of anilines is 1. The third-order valence-corrected chi connectivity index (χ3v) is 9.82. The normalized spacial score (nSPS) is 16.5. The molecule has 1 amide bonds. The summed E-state index contributed by atoms with van der Waals surface area (Å²) < 4.78 is 31.5. The number of hydrogen-bond acceptors (Lipinski definition) is 11. The second-order valence-electron chi connectivity index (χ2n) is 9.18. The molecule has 2 heterocycles. The van der Waals surface area contributed by atoms with Gasteiger partial charge in [0.15, 0.2) is 16.6 Å². The summed E-state index contributed by atoms with van der Waals surface area (Å²) in [5.74, 6) is -2.71. The average Bonchev–Trinajstić information content (AvgIpc) is 3.57. The average molecular weight is 608 g/mol. The maximum atomic E-state index is 13.4. The van der Waals surface area contributed by atoms with Crippen LogP contribution in [0, 0.1) is 17.0 Å². The number of benzene rings is 3. The van der Waals surface area contributed by atoms with Crippen LogP contribution in [0.25, 0.3) is 5.76 Å². The van der Waals surface area contributed by atoms with Crippen molar-refractivity contribution in [3.63, 3.8) is 0 Å². The van der Waals surface area contributed by atoms with Gasteiger partial charge in [-0.2, -0.15) is 0 Å². The van der Waals surface area contributed by atoms with Crippen LogP contribution < -0.4 is 9.64 Å². The summed E-state index contributed by atoms with van der Waals surface area (Å²) in [5.41, 5.74) is 0.880. The summed E-state index contributed by atoms with van der Waals surface area (Å²) in [6.45, 7) is 1.84. The molecule has 1 aliphatic rings. The first-order chi connectivity index (χ1) is 19.9. The number of phenolic OH excluding ortho intramolecular Hbond substituents is 1. The van der Waals surface area contributed by atoms with E-state index in [-0.39, 0.29) is 48.1 Å². The molecule has 14 heteroatoms. The van der Waals surface area contributed by atoms with E-state index in [0.717, 1.165) is 40.9 Å². The number of ether oxygens (including phenoxy) is 1. The molecule has 0 saturated carbocycles. The minimum Gasteiger partial charge on any atom is -0.507 e. The molecular weight excluding hydrogens is 586 g/mol. The number of non-ortho nitro benzene ring substituents is 1. The predicted octanol–water partition coefficient (Wildman–Crippen LogP) is 4.53. The Labute approximate surface area is 242 Å². The van der Waals surface area contributed by atoms with E-state index in [2.05, 4.69) is 4.98 Å². The molecule has 3 aromatic carbocycles. The van der Waals surface area contributed by atoms with Gasteiger partial charge in [0.1, 0.15) is 9.97 Å². The second kappa shape index (κ2) is 10.7. The second-order valence-corrected chi connectivity index (χ2v) is 12.4. The Morgan fingerprint density at radius 1 is 1.07 bits per heavy atom. The molecule has 2 N–H and O–H groups in total. The number of aliphatic hydroxyl groups is 1. The van der Waals surface area contributed by atoms with Crippen molar-refractivity contribution in [3.05, 3.63) is 105 Å². The SMILES string of the molecule is COc1cc(C2/C(=C(/O)c3ccc(C)cc3)C(=O)C(=O)N2c2ncc(S(=O)(=O)c3ccc([N+](=O)[O-])cc3)s2)ccc1O. The lowest BCUT2D eigenvalue weighted by Gasteiger charge is -2.23. The molecule has 1 aromatic heterocycles. The maximum absolute atomic E-state index is 13.4. The van der Waals surface area contributed by atoms with E-state index in [1.807, 2.05) is 6.92 Å². The number of Topliss-reactive ketones (excluding diaryl/α,β-unsaturated/α-hetero) is 1. The Morgan fingerprint density at radius 2 is 1.74 bits per heavy atom. The molecule has 5 rings (SSSR count). The lowest BCUT2D eigenvalue weighted by atomic mass is 9.95. The largest absolute Gasteiger partial charge is 0.507 e. The highest BCUT2D eigenvalue weighted by atomic mass is 32.2. The lowest BCUT2D eigenvalue weighted by molar-refractivity contribution is -0.384. The molecule has 0 bridgehead atoms. The first kappa shape index (κ1) is 28.4. The van der Waals surface area contributed by atoms with Gasteiger partial charge in [0.05, 0.1) is 34.7 Å². The van der Waals surface area contributed by atoms with E-state index < -0.39 is 38.3 Å². The minimum atomic E-state index is -4.20. The number of hydrogen-bond donors (Lipinski definition) is 2. The van der Waals surface area contributed by atoms with Gasteiger partial charge in [0, 0.05) is 17.7 Å². The van der Waals surface area contributed by atoms with Crippen molar-refractivity contribution < 1.29 is 37.9 Å². The molecule has 4 aromatic rings. The van der Waals surface area contributed by atoms with E-state index >= 15 is 0 Å². The topological polar surface area (TPSA) is 177 Å². The summed E-state index contributed by atoms with van der Waals surface area (Å²) in [6.07, 6.45) is 1.02. The fourth-order valence-electron chi connectivity index (χ4n) is 4.43. The van der Waals surface area contributed by atoms with E-state index in [4.69, 9.17) is 4.74 Å². The number of carbonyl (C=O) groups is 2. The quantitative estimate of drug-likeness (QED) is 0.0997. The van der Waals surface area contributed by atoms with Crippen LogP contribution in [0.3, 0.4) is 0 Å². The number of nitro groups is 1. The van der Waals surface area contributed by atoms with Gasteiger partial charge in [-0.15, -0.1) is 0 Å². The predicted molar refractivity (Wildman–Crippen MR) is 151 cm³/mol. The number of methoxy groups -OCH3 is 1. The number of sulfone groups is 1. The summed E-state index contributed by atoms with van der Waals surface area (Å²) in [4.78, 5) is 42.0. The molecule has 1 atom stereocenters. The zero-order chi connectivity index (χ0) is 30.3. The molecule has 12 nitrogen and oxygen atoms in total. The number of ketones is 1. The first-order valence-electron chi connectivity index (χ1n) is 12.1. The number of aromatic hydroxyl groups is 1. The molecule has 0 radical (unpaired) electrons. The Balaban J connectivity index is 1.65. The maximum Gasteiger partial charge on any atom is 0.301 e. The number of aliphatic hydroxyl groups excluding tert-OH is 1. The van der Waals surface area contributed by atoms with E-state index in [0.29, 0.717) is 11.3 Å². The zero-order valence-electron chi connectivity index (χ0n) is 21.9. The number of amides is 1. The number of nitrogens with zero attached hydrogens (tertiary/aromatic N) is 3. The van der Waals surface area contributed by atoms with E-state index in [1.54, 1.807) is 24.3 Å². The van der Waals surface area contributed by atoms with Crippen LogP contribution in [-0.4, -0.2) is 47.3 Å². The molecule has 0 aliphatic carbocycles. The molecular formula is C28H21N3O9S2. The van der Waals surface area contributed by atoms with Gasteiger partial charge in [0.25, 0.3) is 11.5 Å². The highest BCUT2D eigenvalue weighted by Gasteiger charge is 2.48. The van der Waals surface area contributed by atoms with Crippen molar-refractivity contribution in [2.24, 2.45) is 0 Å². The lowest BCUT2D eigenvalue weighted by Crippen LogP contribution is -2.29. The van der Waals surface area contributed by atoms with Crippen LogP contribution in [-0.2, 0) is 19.4 Å². The van der Waals surface area contributed by atoms with Crippen LogP contribution in [0.2, 0.25) is 0 Å². The molecule has 1 fully saturated rings. The molecule has 1 unspecified atom stereocenters. The van der Waals surface area contributed by atoms with Gasteiger partial charge in [-0.1, -0.05) is 47.2 Å². The molecule has 0 spiro atoms. The summed E-state index contributed by atoms with van der Waals surface area (Å²) >= 11 is 0.606. The van der Waals surface area contributed by atoms with E-state index in [9.17, 15) is 38.3 Å². The van der Waals surface area contributed by atoms with Crippen LogP contribution in [0.1, 0.15) is 22.7 Å². The Bertz CT molecular complexity index is 1880. The number of aryl methyl sites for hydroxylation is 1. The fraction of sp³-hybridized carbons (Fsp3) is 0.107. The van der Waals surface area contributed by atoms with Crippen molar-refractivity contribution in [1.29, 1.82) is 0 Å². The summed E-state index contributed by atoms with van der Waals surface area (Å²) in [7, 11) is -2.88. The number of carbonyl (C=O) groups excluding carboxylic acids is 2. The van der Waals surface area contributed by atoms with Crippen LogP contribution >= 0.6 is 11.3 Å². The van der Waals surface area contributed by atoms with Crippen molar-refractivity contribution >= 4 is 49.4 Å². The molecule has 214 valence electrons. The number of phenols is 1. The Hall–Kier alpha value is -5.08. The molecule has 42 heavy (non-hydrogen) atoms. The van der Waals surface area contributed by atoms with Crippen molar-refractivity contribution in [1.82, 2.24) is 4.98 Å². The highest BCUT2D eigenvalue weighted by molar-refractivity contribution is 7.93. The van der Waals surface area contributed by atoms with Gasteiger partial charge in [0.2, 0.25) is 9.84 Å². The Morgan fingerprint density at radius 3 is 2.36 bits per heavy atom. The monoisotopic (exact) mass is 607 g/mol. The number of aromatic nitrogens is 1. The van der Waals surface area contributed by atoms with E-state index in [1.165, 1.54) is 25.3 Å². The third-order valence-electron chi connectivity index (χ3n) is 6.59. The van der Waals surface area contributed by atoms with Crippen LogP contribution in [0.4, 0.5) is 10.8 Å². The summed E-state index contributed by atoms with van der Waals surface area (Å²) in [6, 6.07) is 13.8. The van der Waals surface area contributed by atoms with Gasteiger partial charge >= 0.3 is 5.91 Å². The van der Waals surface area contributed by atoms with Crippen molar-refractivity contribution in [3.8, 4) is 11.5 Å². The Kier molecular flexibility index (Phi) is 7.26. The smallest absolute Gasteiger partial charge is 0.301 e. The van der Waals surface area contributed by atoms with Crippen molar-refractivity contribution in [2.45, 2.75) is 22.1 Å². The number of thiazole rings is 1. The summed E-state index contributed by atoms with van der Waals surface area (Å²) in [5, 5.41) is 32.2. The van der Waals surface area contributed by atoms with Crippen LogP contribution in [0.5, 0.6) is 11.5 Å². The number of rotatable bonds is 7. The standard InChI is InChI=1S/C28H21N3O9S2/c1-15-3-5-16(6-4-15)25(33)23-24(17-7-12-20(32)21(13-17)40-2)30(27(35)26(23)34)28-29-14-22(41-28)42(38,39)19-10-8-18(9-11-19)31(36)37/h3-14,24,32-33H,1-2H3/b25-23-. The van der Waals surface area contributed by atoms with Crippen molar-refractivity contribution in [2.75, 3.05) is 12.0 Å². The van der Waals surface area contributed by atoms with Gasteiger partial charge in [-0.3, -0.25) is 24.6 Å². The fourth-order valence-corrected chi connectivity index (χ4v) is 6.97. The zero-order valence-corrected chi connectivity index (χ0v) is 23.5. The highest BCUT2D eigenvalue weighted by Crippen LogP contribution is 2.45. The van der Waals surface area contributed by atoms with Gasteiger partial charge in [-0.25, -0.2) is 13.4 Å². The van der Waals surface area contributed by atoms with Gasteiger partial charge < -0.3 is 14.9 Å². The number of nitro benzene ring substituents is 1. The third kappa shape index (κ3) is 4.86. The minimum absolute atomic E-state index is 0.0361. The van der Waals surface area contributed by atoms with Gasteiger partial charge in [-0.05, 0) is 36.8 Å². The molecule has 1 saturated heterocycles. The van der Waals surface area contributed by atoms with Crippen LogP contribution in [0.15, 0.2) is 87.6 Å². The molecule has 1 aliphatic heterocycles. The first-order valence-corrected chi connectivity index (χ1v) is 14.4.